The van der Waals surface area contributed by atoms with Gasteiger partial charge < -0.3 is 4.90 Å². The molecule has 3 rings (SSSR count). The van der Waals surface area contributed by atoms with Crippen molar-refractivity contribution in [2.45, 2.75) is 27.7 Å². The molecule has 9 heteroatoms. The highest BCUT2D eigenvalue weighted by molar-refractivity contribution is 7.22. The summed E-state index contributed by atoms with van der Waals surface area (Å²) < 4.78 is 1.07. The number of hydrogen-bond donors (Lipinski definition) is 0. The Bertz CT molecular complexity index is 1060. The molecule has 2 aromatic carbocycles. The van der Waals surface area contributed by atoms with Crippen LogP contribution in [0.4, 0.5) is 10.8 Å². The summed E-state index contributed by atoms with van der Waals surface area (Å²) >= 11 is 1.51. The normalized spacial score (nSPS) is 10.9. The largest absolute Gasteiger partial charge is 0.302 e. The van der Waals surface area contributed by atoms with Gasteiger partial charge in [0.2, 0.25) is 0 Å². The smallest absolute Gasteiger partial charge is 0.269 e. The molecule has 1 heterocycles. The van der Waals surface area contributed by atoms with E-state index in [4.69, 9.17) is 4.98 Å². The summed E-state index contributed by atoms with van der Waals surface area (Å²) in [7, 11) is 0. The summed E-state index contributed by atoms with van der Waals surface area (Å²) in [5.74, 6) is -0.203. The molecule has 0 saturated carbocycles. The fraction of sp³-hybridized carbons (Fsp3) is 0.364. The Hall–Kier alpha value is -2.55. The molecule has 1 amide bonds. The van der Waals surface area contributed by atoms with Crippen molar-refractivity contribution in [3.05, 3.63) is 63.2 Å². The van der Waals surface area contributed by atoms with Gasteiger partial charge in [0.1, 0.15) is 0 Å². The van der Waals surface area contributed by atoms with E-state index in [-0.39, 0.29) is 24.0 Å². The molecular formula is C22H27ClN4O3S. The van der Waals surface area contributed by atoms with E-state index in [9.17, 15) is 14.9 Å². The van der Waals surface area contributed by atoms with Crippen LogP contribution >= 0.6 is 23.7 Å². The van der Waals surface area contributed by atoms with Crippen LogP contribution < -0.4 is 4.90 Å². The van der Waals surface area contributed by atoms with Crippen LogP contribution in [-0.2, 0) is 0 Å². The number of rotatable bonds is 8. The molecule has 0 aliphatic rings. The van der Waals surface area contributed by atoms with E-state index < -0.39 is 4.92 Å². The van der Waals surface area contributed by atoms with Crippen LogP contribution in [0, 0.1) is 24.0 Å². The van der Waals surface area contributed by atoms with Gasteiger partial charge in [0, 0.05) is 30.8 Å². The highest BCUT2D eigenvalue weighted by atomic mass is 35.5. The van der Waals surface area contributed by atoms with Crippen LogP contribution in [0.2, 0.25) is 0 Å². The summed E-state index contributed by atoms with van der Waals surface area (Å²) in [4.78, 5) is 32.5. The fourth-order valence-electron chi connectivity index (χ4n) is 3.43. The zero-order valence-electron chi connectivity index (χ0n) is 18.1. The molecule has 7 nitrogen and oxygen atoms in total. The number of aryl methyl sites for hydroxylation is 2. The summed E-state index contributed by atoms with van der Waals surface area (Å²) in [5, 5.41) is 11.6. The molecule has 0 aliphatic heterocycles. The zero-order chi connectivity index (χ0) is 21.8. The molecule has 1 aromatic heterocycles. The molecule has 0 spiro atoms. The van der Waals surface area contributed by atoms with Crippen molar-refractivity contribution in [3.8, 4) is 0 Å². The molecular weight excluding hydrogens is 436 g/mol. The second-order valence-electron chi connectivity index (χ2n) is 7.21. The molecule has 0 atom stereocenters. The Kier molecular flexibility index (Phi) is 8.50. The molecule has 3 aromatic rings. The maximum absolute atomic E-state index is 13.3. The number of benzene rings is 2. The van der Waals surface area contributed by atoms with E-state index in [1.165, 1.54) is 35.6 Å². The molecule has 166 valence electrons. The van der Waals surface area contributed by atoms with Gasteiger partial charge in [0.05, 0.1) is 15.1 Å². The molecule has 0 radical (unpaired) electrons. The van der Waals surface area contributed by atoms with E-state index in [1.54, 1.807) is 4.90 Å². The first-order chi connectivity index (χ1) is 14.3. The zero-order valence-corrected chi connectivity index (χ0v) is 19.8. The summed E-state index contributed by atoms with van der Waals surface area (Å²) in [6.45, 7) is 11.3. The lowest BCUT2D eigenvalue weighted by molar-refractivity contribution is -0.384. The van der Waals surface area contributed by atoms with Crippen LogP contribution in [0.25, 0.3) is 10.2 Å². The maximum Gasteiger partial charge on any atom is 0.269 e. The molecule has 0 bridgehead atoms. The third-order valence-electron chi connectivity index (χ3n) is 5.14. The third kappa shape index (κ3) is 5.58. The van der Waals surface area contributed by atoms with Crippen LogP contribution in [0.1, 0.15) is 35.3 Å². The van der Waals surface area contributed by atoms with Gasteiger partial charge in [-0.1, -0.05) is 31.3 Å². The number of fused-ring (bicyclic) bond motifs is 1. The van der Waals surface area contributed by atoms with Crippen LogP contribution in [-0.4, -0.2) is 46.9 Å². The molecule has 0 fully saturated rings. The number of carbonyl (C=O) groups is 1. The van der Waals surface area contributed by atoms with Crippen molar-refractivity contribution < 1.29 is 9.72 Å². The first-order valence-electron chi connectivity index (χ1n) is 10.0. The van der Waals surface area contributed by atoms with Gasteiger partial charge in [-0.3, -0.25) is 19.8 Å². The third-order valence-corrected chi connectivity index (χ3v) is 6.37. The minimum Gasteiger partial charge on any atom is -0.302 e. The van der Waals surface area contributed by atoms with Gasteiger partial charge in [-0.2, -0.15) is 0 Å². The summed E-state index contributed by atoms with van der Waals surface area (Å²) in [5.41, 5.74) is 3.53. The molecule has 0 saturated heterocycles. The number of hydrogen-bond acceptors (Lipinski definition) is 6. The van der Waals surface area contributed by atoms with Gasteiger partial charge in [-0.05, 0) is 56.3 Å². The number of amides is 1. The quantitative estimate of drug-likeness (QED) is 0.338. The SMILES string of the molecule is CCN(CC)CCN(C(=O)c1ccc([N+](=O)[O-])cc1)c1nc2cc(C)cc(C)c2s1.Cl. The average molecular weight is 463 g/mol. The van der Waals surface area contributed by atoms with Crippen molar-refractivity contribution in [1.29, 1.82) is 0 Å². The predicted molar refractivity (Wildman–Crippen MR) is 129 cm³/mol. The number of nitrogens with zero attached hydrogens (tertiary/aromatic N) is 4. The number of nitro groups is 1. The van der Waals surface area contributed by atoms with Crippen LogP contribution in [0.5, 0.6) is 0 Å². The number of non-ortho nitro benzene ring substituents is 1. The van der Waals surface area contributed by atoms with E-state index in [1.807, 2.05) is 13.0 Å². The molecule has 0 unspecified atom stereocenters. The first kappa shape index (κ1) is 24.7. The number of nitro benzene ring substituents is 1. The van der Waals surface area contributed by atoms with Gasteiger partial charge in [0.15, 0.2) is 5.13 Å². The molecule has 0 aliphatic carbocycles. The monoisotopic (exact) mass is 462 g/mol. The Balaban J connectivity index is 0.00000341. The van der Waals surface area contributed by atoms with E-state index in [0.717, 1.165) is 41.0 Å². The van der Waals surface area contributed by atoms with E-state index in [2.05, 4.69) is 31.7 Å². The molecule has 0 N–H and O–H groups in total. The number of halogens is 1. The van der Waals surface area contributed by atoms with Crippen molar-refractivity contribution in [3.63, 3.8) is 0 Å². The van der Waals surface area contributed by atoms with Crippen LogP contribution in [0.3, 0.4) is 0 Å². The lowest BCUT2D eigenvalue weighted by atomic mass is 10.1. The van der Waals surface area contributed by atoms with E-state index >= 15 is 0 Å². The summed E-state index contributed by atoms with van der Waals surface area (Å²) in [6.07, 6.45) is 0. The summed E-state index contributed by atoms with van der Waals surface area (Å²) in [6, 6.07) is 9.88. The minimum absolute atomic E-state index is 0. The Morgan fingerprint density at radius 1 is 1.10 bits per heavy atom. The maximum atomic E-state index is 13.3. The first-order valence-corrected chi connectivity index (χ1v) is 10.8. The Labute approximate surface area is 192 Å². The topological polar surface area (TPSA) is 79.6 Å². The highest BCUT2D eigenvalue weighted by Crippen LogP contribution is 2.33. The van der Waals surface area contributed by atoms with Crippen LogP contribution in [0.15, 0.2) is 36.4 Å². The van der Waals surface area contributed by atoms with Gasteiger partial charge in [-0.25, -0.2) is 4.98 Å². The Morgan fingerprint density at radius 3 is 2.32 bits per heavy atom. The second-order valence-corrected chi connectivity index (χ2v) is 8.19. The van der Waals surface area contributed by atoms with Crippen molar-refractivity contribution >= 4 is 50.7 Å². The van der Waals surface area contributed by atoms with Crippen molar-refractivity contribution in [1.82, 2.24) is 9.88 Å². The van der Waals surface area contributed by atoms with Crippen molar-refractivity contribution in [2.24, 2.45) is 0 Å². The lowest BCUT2D eigenvalue weighted by Gasteiger charge is -2.24. The molecule has 31 heavy (non-hydrogen) atoms. The number of carbonyl (C=O) groups excluding carboxylic acids is 1. The van der Waals surface area contributed by atoms with E-state index in [0.29, 0.717) is 17.2 Å². The number of thiazole rings is 1. The highest BCUT2D eigenvalue weighted by Gasteiger charge is 2.23. The minimum atomic E-state index is -0.467. The van der Waals surface area contributed by atoms with Gasteiger partial charge in [0.25, 0.3) is 11.6 Å². The van der Waals surface area contributed by atoms with Crippen molar-refractivity contribution in [2.75, 3.05) is 31.1 Å². The standard InChI is InChI=1S/C22H26N4O3S.ClH/c1-5-24(6-2)11-12-25(21(27)17-7-9-18(10-8-17)26(28)29)22-23-19-14-15(3)13-16(4)20(19)30-22;/h7-10,13-14H,5-6,11-12H2,1-4H3;1H. The lowest BCUT2D eigenvalue weighted by Crippen LogP contribution is -2.38. The number of likely N-dealkylation sites (N-methyl/N-ethyl adjacent to an activating group) is 1. The van der Waals surface area contributed by atoms with Gasteiger partial charge >= 0.3 is 0 Å². The Morgan fingerprint density at radius 2 is 1.74 bits per heavy atom. The second kappa shape index (κ2) is 10.7. The van der Waals surface area contributed by atoms with Gasteiger partial charge in [-0.15, -0.1) is 12.4 Å². The fourth-order valence-corrected chi connectivity index (χ4v) is 4.47. The predicted octanol–water partition coefficient (Wildman–Crippen LogP) is 5.23. The average Bonchev–Trinajstić information content (AvgIpc) is 3.15. The number of aromatic nitrogens is 1. The number of anilines is 1.